The highest BCUT2D eigenvalue weighted by Crippen LogP contribution is 2.19. The molecule has 118 valence electrons. The maximum atomic E-state index is 11.9. The Morgan fingerprint density at radius 1 is 0.957 bits per heavy atom. The van der Waals surface area contributed by atoms with Crippen LogP contribution in [0.4, 0.5) is 0 Å². The third kappa shape index (κ3) is 4.40. The Morgan fingerprint density at radius 2 is 1.52 bits per heavy atom. The zero-order valence-corrected chi connectivity index (χ0v) is 13.4. The van der Waals surface area contributed by atoms with Gasteiger partial charge >= 0.3 is 5.97 Å². The van der Waals surface area contributed by atoms with Gasteiger partial charge in [0.25, 0.3) is 5.91 Å². The predicted octanol–water partition coefficient (Wildman–Crippen LogP) is 3.15. The Bertz CT molecular complexity index is 725. The van der Waals surface area contributed by atoms with Gasteiger partial charge in [-0.05, 0) is 23.3 Å². The number of amides is 1. The van der Waals surface area contributed by atoms with Crippen LogP contribution in [0, 0.1) is 0 Å². The quantitative estimate of drug-likeness (QED) is 0.491. The van der Waals surface area contributed by atoms with Crippen LogP contribution < -0.4 is 0 Å². The van der Waals surface area contributed by atoms with Gasteiger partial charge in [-0.2, -0.15) is 0 Å². The monoisotopic (exact) mass is 330 g/mol. The van der Waals surface area contributed by atoms with E-state index in [4.69, 9.17) is 11.6 Å². The van der Waals surface area contributed by atoms with Crippen molar-refractivity contribution in [3.8, 4) is 11.1 Å². The Labute approximate surface area is 139 Å². The lowest BCUT2D eigenvalue weighted by molar-refractivity contribution is -0.121. The molecule has 0 heterocycles. The van der Waals surface area contributed by atoms with Crippen LogP contribution in [0.5, 0.6) is 0 Å². The van der Waals surface area contributed by atoms with E-state index >= 15 is 0 Å². The van der Waals surface area contributed by atoms with Crippen LogP contribution in [0.15, 0.2) is 59.8 Å². The van der Waals surface area contributed by atoms with Crippen LogP contribution in [0.1, 0.15) is 10.4 Å². The first kappa shape index (κ1) is 16.7. The fourth-order valence-corrected chi connectivity index (χ4v) is 1.99. The molecular formula is C17H15ClN2O3. The van der Waals surface area contributed by atoms with Crippen LogP contribution in [-0.4, -0.2) is 36.0 Å². The maximum absolute atomic E-state index is 11.9. The molecule has 0 saturated carbocycles. The van der Waals surface area contributed by atoms with E-state index in [2.05, 4.69) is 9.99 Å². The minimum absolute atomic E-state index is 0.315. The predicted molar refractivity (Wildman–Crippen MR) is 89.3 cm³/mol. The molecular weight excluding hydrogens is 316 g/mol. The van der Waals surface area contributed by atoms with Crippen molar-refractivity contribution in [2.45, 2.75) is 0 Å². The molecule has 0 fully saturated rings. The van der Waals surface area contributed by atoms with Crippen molar-refractivity contribution in [3.05, 3.63) is 60.2 Å². The van der Waals surface area contributed by atoms with E-state index < -0.39 is 17.0 Å². The van der Waals surface area contributed by atoms with Crippen molar-refractivity contribution >= 4 is 28.6 Å². The molecule has 5 nitrogen and oxygen atoms in total. The second-order valence-electron chi connectivity index (χ2n) is 4.90. The third-order valence-electron chi connectivity index (χ3n) is 3.02. The summed E-state index contributed by atoms with van der Waals surface area (Å²) in [4.78, 5) is 29.2. The lowest BCUT2D eigenvalue weighted by atomic mass is 10.0. The molecule has 0 aliphatic carbocycles. The van der Waals surface area contributed by atoms with Crippen molar-refractivity contribution < 1.29 is 14.4 Å². The van der Waals surface area contributed by atoms with Crippen LogP contribution in [0.25, 0.3) is 11.1 Å². The minimum Gasteiger partial charge on any atom is -0.343 e. The number of oxime groups is 1. The molecule has 0 aliphatic rings. The highest BCUT2D eigenvalue weighted by Gasteiger charge is 2.13. The molecule has 0 bridgehead atoms. The molecule has 6 heteroatoms. The van der Waals surface area contributed by atoms with Crippen LogP contribution >= 0.6 is 11.6 Å². The third-order valence-corrected chi connectivity index (χ3v) is 3.25. The van der Waals surface area contributed by atoms with Gasteiger partial charge in [0.2, 0.25) is 5.17 Å². The fraction of sp³-hybridized carbons (Fsp3) is 0.118. The van der Waals surface area contributed by atoms with Gasteiger partial charge in [-0.25, -0.2) is 4.79 Å². The van der Waals surface area contributed by atoms with Crippen molar-refractivity contribution in [3.63, 3.8) is 0 Å². The molecule has 0 spiro atoms. The number of nitrogens with zero attached hydrogens (tertiary/aromatic N) is 2. The zero-order chi connectivity index (χ0) is 16.8. The zero-order valence-electron chi connectivity index (χ0n) is 12.7. The minimum atomic E-state index is -0.686. The molecule has 2 aromatic rings. The lowest BCUT2D eigenvalue weighted by Gasteiger charge is -2.07. The van der Waals surface area contributed by atoms with Gasteiger partial charge in [-0.15, -0.1) is 0 Å². The van der Waals surface area contributed by atoms with Gasteiger partial charge in [0.15, 0.2) is 0 Å². The topological polar surface area (TPSA) is 59.0 Å². The highest BCUT2D eigenvalue weighted by molar-refractivity contribution is 6.82. The largest absolute Gasteiger partial charge is 0.365 e. The van der Waals surface area contributed by atoms with Crippen molar-refractivity contribution in [2.24, 2.45) is 5.16 Å². The number of carbonyl (C=O) groups is 2. The highest BCUT2D eigenvalue weighted by atomic mass is 35.5. The molecule has 0 aliphatic heterocycles. The molecule has 1 amide bonds. The first-order chi connectivity index (χ1) is 11.0. The number of hydrogen-bond donors (Lipinski definition) is 0. The van der Waals surface area contributed by atoms with Gasteiger partial charge < -0.3 is 9.74 Å². The molecule has 23 heavy (non-hydrogen) atoms. The summed E-state index contributed by atoms with van der Waals surface area (Å²) in [5, 5.41) is 2.93. The average Bonchev–Trinajstić information content (AvgIpc) is 2.59. The number of halogens is 1. The number of benzene rings is 2. The summed E-state index contributed by atoms with van der Waals surface area (Å²) in [7, 11) is 3.04. The van der Waals surface area contributed by atoms with Gasteiger partial charge in [0.1, 0.15) is 0 Å². The first-order valence-corrected chi connectivity index (χ1v) is 7.19. The number of hydrogen-bond acceptors (Lipinski definition) is 4. The van der Waals surface area contributed by atoms with E-state index in [-0.39, 0.29) is 0 Å². The molecule has 0 radical (unpaired) electrons. The normalized spacial score (nSPS) is 11.0. The van der Waals surface area contributed by atoms with E-state index in [1.165, 1.54) is 19.0 Å². The average molecular weight is 331 g/mol. The summed E-state index contributed by atoms with van der Waals surface area (Å²) in [5.74, 6) is -1.23. The summed E-state index contributed by atoms with van der Waals surface area (Å²) in [6, 6.07) is 16.6. The van der Waals surface area contributed by atoms with Crippen molar-refractivity contribution in [1.82, 2.24) is 4.90 Å². The van der Waals surface area contributed by atoms with E-state index in [0.29, 0.717) is 5.56 Å². The Morgan fingerprint density at radius 3 is 2.09 bits per heavy atom. The maximum Gasteiger partial charge on any atom is 0.365 e. The molecule has 0 N–H and O–H groups in total. The van der Waals surface area contributed by atoms with E-state index in [1.54, 1.807) is 12.1 Å². The summed E-state index contributed by atoms with van der Waals surface area (Å²) in [6.07, 6.45) is 0. The summed E-state index contributed by atoms with van der Waals surface area (Å²) in [5.41, 5.74) is 2.34. The van der Waals surface area contributed by atoms with Crippen molar-refractivity contribution in [2.75, 3.05) is 14.1 Å². The number of rotatable bonds is 4. The van der Waals surface area contributed by atoms with Crippen LogP contribution in [-0.2, 0) is 9.63 Å². The van der Waals surface area contributed by atoms with Crippen LogP contribution in [0.2, 0.25) is 0 Å². The van der Waals surface area contributed by atoms with Crippen LogP contribution in [0.3, 0.4) is 0 Å². The van der Waals surface area contributed by atoms with Gasteiger partial charge in [-0.3, -0.25) is 4.79 Å². The smallest absolute Gasteiger partial charge is 0.343 e. The van der Waals surface area contributed by atoms with Gasteiger partial charge in [0, 0.05) is 14.1 Å². The molecule has 2 rings (SSSR count). The van der Waals surface area contributed by atoms with Crippen molar-refractivity contribution in [1.29, 1.82) is 0 Å². The molecule has 0 atom stereocenters. The molecule has 0 unspecified atom stereocenters. The van der Waals surface area contributed by atoms with E-state index in [1.807, 2.05) is 42.5 Å². The Balaban J connectivity index is 2.06. The molecule has 2 aromatic carbocycles. The SMILES string of the molecule is CN(C)C(=O)C(Cl)=NOC(=O)c1ccc(-c2ccccc2)cc1. The summed E-state index contributed by atoms with van der Waals surface area (Å²) in [6.45, 7) is 0. The first-order valence-electron chi connectivity index (χ1n) is 6.81. The Hall–Kier alpha value is -2.66. The summed E-state index contributed by atoms with van der Waals surface area (Å²) < 4.78 is 0. The van der Waals surface area contributed by atoms with E-state index in [0.717, 1.165) is 11.1 Å². The lowest BCUT2D eigenvalue weighted by Crippen LogP contribution is -2.27. The fourth-order valence-electron chi connectivity index (χ4n) is 1.79. The van der Waals surface area contributed by atoms with Gasteiger partial charge in [0.05, 0.1) is 5.56 Å². The molecule has 0 saturated heterocycles. The Kier molecular flexibility index (Phi) is 5.49. The number of carbonyl (C=O) groups excluding carboxylic acids is 2. The van der Waals surface area contributed by atoms with E-state index in [9.17, 15) is 9.59 Å². The summed E-state index contributed by atoms with van der Waals surface area (Å²) >= 11 is 5.64. The van der Waals surface area contributed by atoms with Gasteiger partial charge in [-0.1, -0.05) is 59.2 Å². The second kappa shape index (κ2) is 7.56. The second-order valence-corrected chi connectivity index (χ2v) is 5.26. The standard InChI is InChI=1S/C17H15ClN2O3/c1-20(2)16(21)15(18)19-23-17(22)14-10-8-13(9-11-14)12-6-4-3-5-7-12/h3-11H,1-2H3. The molecule has 0 aromatic heterocycles.